The molecular weight excluding hydrogens is 400 g/mol. The van der Waals surface area contributed by atoms with Crippen molar-refractivity contribution in [1.82, 2.24) is 0 Å². The van der Waals surface area contributed by atoms with Gasteiger partial charge in [0.15, 0.2) is 35.2 Å². The molecule has 0 aliphatic carbocycles. The van der Waals surface area contributed by atoms with Crippen molar-refractivity contribution in [2.45, 2.75) is 31.5 Å². The third-order valence-corrected chi connectivity index (χ3v) is 5.71. The Kier molecular flexibility index (Phi) is 6.96. The number of thiophene rings is 2. The normalized spacial score (nSPS) is 20.4. The van der Waals surface area contributed by atoms with E-state index in [0.717, 1.165) is 48.9 Å². The van der Waals surface area contributed by atoms with E-state index < -0.39 is 0 Å². The maximum atomic E-state index is 5.82. The summed E-state index contributed by atoms with van der Waals surface area (Å²) in [4.78, 5) is 0. The lowest BCUT2D eigenvalue weighted by molar-refractivity contribution is 0.00856. The van der Waals surface area contributed by atoms with Gasteiger partial charge in [-0.05, 0) is 25.3 Å². The molecule has 2 unspecified atom stereocenters. The van der Waals surface area contributed by atoms with Gasteiger partial charge in [0, 0.05) is 28.1 Å². The zero-order valence-corrected chi connectivity index (χ0v) is 17.2. The Bertz CT molecular complexity index is 755. The van der Waals surface area contributed by atoms with E-state index in [1.165, 1.54) is 0 Å². The fraction of sp³-hybridized carbons (Fsp3) is 0.500. The number of hydrogen-bond donors (Lipinski definition) is 0. The van der Waals surface area contributed by atoms with Gasteiger partial charge >= 0.3 is 0 Å². The van der Waals surface area contributed by atoms with Crippen LogP contribution in [0, 0.1) is 0 Å². The van der Waals surface area contributed by atoms with E-state index in [1.54, 1.807) is 28.9 Å². The summed E-state index contributed by atoms with van der Waals surface area (Å²) in [5.74, 6) is 3.32. The van der Waals surface area contributed by atoms with Crippen molar-refractivity contribution in [3.63, 3.8) is 0 Å². The van der Waals surface area contributed by atoms with Gasteiger partial charge in [0.1, 0.15) is 19.8 Å². The van der Waals surface area contributed by atoms with E-state index in [0.29, 0.717) is 26.4 Å². The predicted molar refractivity (Wildman–Crippen MR) is 108 cm³/mol. The summed E-state index contributed by atoms with van der Waals surface area (Å²) < 4.78 is 34.1. The number of fused-ring (bicyclic) bond motifs is 2. The molecule has 2 aliphatic heterocycles. The Hall–Kier alpha value is -1.90. The van der Waals surface area contributed by atoms with Crippen LogP contribution in [-0.2, 0) is 9.47 Å². The molecule has 0 amide bonds. The van der Waals surface area contributed by atoms with Gasteiger partial charge in [0.25, 0.3) is 0 Å². The first kappa shape index (κ1) is 19.4. The fourth-order valence-corrected chi connectivity index (χ4v) is 4.21. The van der Waals surface area contributed by atoms with Gasteiger partial charge in [-0.15, -0.1) is 22.7 Å². The molecule has 2 aliphatic rings. The first-order valence-electron chi connectivity index (χ1n) is 9.44. The van der Waals surface area contributed by atoms with Gasteiger partial charge in [-0.3, -0.25) is 0 Å². The highest BCUT2D eigenvalue weighted by Crippen LogP contribution is 2.36. The summed E-state index contributed by atoms with van der Waals surface area (Å²) in [6.45, 7) is 2.85. The molecule has 4 rings (SSSR count). The van der Waals surface area contributed by atoms with Crippen LogP contribution < -0.4 is 18.9 Å². The number of unbranched alkanes of at least 4 members (excludes halogenated alkanes) is 2. The first-order valence-corrected chi connectivity index (χ1v) is 11.3. The second-order valence-electron chi connectivity index (χ2n) is 6.58. The molecule has 152 valence electrons. The minimum absolute atomic E-state index is 0.0217. The van der Waals surface area contributed by atoms with Gasteiger partial charge < -0.3 is 28.4 Å². The van der Waals surface area contributed by atoms with Crippen LogP contribution in [0.4, 0.5) is 0 Å². The highest BCUT2D eigenvalue weighted by atomic mass is 32.1. The lowest BCUT2D eigenvalue weighted by Gasteiger charge is -2.24. The van der Waals surface area contributed by atoms with E-state index in [-0.39, 0.29) is 12.2 Å². The SMILES string of the molecule is C(=COCC1COc2cscc2O1)CCCCOCC1COc2cscc2O1. The van der Waals surface area contributed by atoms with E-state index in [4.69, 9.17) is 28.4 Å². The van der Waals surface area contributed by atoms with Crippen molar-refractivity contribution < 1.29 is 28.4 Å². The largest absolute Gasteiger partial charge is 0.498 e. The Balaban J connectivity index is 0.992. The third kappa shape index (κ3) is 5.33. The molecular formula is C20H24O6S2. The molecule has 2 aromatic rings. The van der Waals surface area contributed by atoms with Crippen LogP contribution in [0.1, 0.15) is 19.3 Å². The Morgan fingerprint density at radius 2 is 1.50 bits per heavy atom. The van der Waals surface area contributed by atoms with Crippen LogP contribution in [-0.4, -0.2) is 45.2 Å². The minimum Gasteiger partial charge on any atom is -0.498 e. The monoisotopic (exact) mass is 424 g/mol. The average Bonchev–Trinajstić information content (AvgIpc) is 3.37. The highest BCUT2D eigenvalue weighted by molar-refractivity contribution is 7.08. The molecule has 28 heavy (non-hydrogen) atoms. The first-order chi connectivity index (χ1) is 13.9. The minimum atomic E-state index is -0.0590. The van der Waals surface area contributed by atoms with Gasteiger partial charge in [-0.1, -0.05) is 0 Å². The summed E-state index contributed by atoms with van der Waals surface area (Å²) in [7, 11) is 0. The quantitative estimate of drug-likeness (QED) is 0.413. The van der Waals surface area contributed by atoms with Gasteiger partial charge in [0.2, 0.25) is 0 Å². The van der Waals surface area contributed by atoms with Crippen LogP contribution >= 0.6 is 22.7 Å². The summed E-state index contributed by atoms with van der Waals surface area (Å²) >= 11 is 3.16. The molecule has 0 spiro atoms. The van der Waals surface area contributed by atoms with Crippen molar-refractivity contribution in [1.29, 1.82) is 0 Å². The smallest absolute Gasteiger partial charge is 0.172 e. The molecule has 0 N–H and O–H groups in total. The second kappa shape index (κ2) is 10.0. The maximum Gasteiger partial charge on any atom is 0.172 e. The predicted octanol–water partition coefficient (Wildman–Crippen LogP) is 4.51. The Labute approximate surface area is 172 Å². The molecule has 0 bridgehead atoms. The van der Waals surface area contributed by atoms with Crippen LogP contribution in [0.2, 0.25) is 0 Å². The van der Waals surface area contributed by atoms with Crippen LogP contribution in [0.15, 0.2) is 33.9 Å². The van der Waals surface area contributed by atoms with Crippen molar-refractivity contribution in [2.75, 3.05) is 33.0 Å². The molecule has 2 aromatic heterocycles. The number of ether oxygens (including phenoxy) is 6. The molecule has 0 aromatic carbocycles. The summed E-state index contributed by atoms with van der Waals surface area (Å²) in [5.41, 5.74) is 0. The Morgan fingerprint density at radius 3 is 2.21 bits per heavy atom. The zero-order chi connectivity index (χ0) is 19.0. The molecule has 0 saturated carbocycles. The number of rotatable bonds is 10. The summed E-state index contributed by atoms with van der Waals surface area (Å²) in [6, 6.07) is 0. The van der Waals surface area contributed by atoms with Crippen LogP contribution in [0.5, 0.6) is 23.0 Å². The Morgan fingerprint density at radius 1 is 0.857 bits per heavy atom. The second-order valence-corrected chi connectivity index (χ2v) is 8.07. The van der Waals surface area contributed by atoms with Crippen molar-refractivity contribution in [2.24, 2.45) is 0 Å². The summed E-state index contributed by atoms with van der Waals surface area (Å²) in [6.07, 6.45) is 6.72. The van der Waals surface area contributed by atoms with Gasteiger partial charge in [-0.25, -0.2) is 0 Å². The fourth-order valence-electron chi connectivity index (χ4n) is 2.87. The number of allylic oxidation sites excluding steroid dienone is 1. The van der Waals surface area contributed by atoms with Crippen LogP contribution in [0.3, 0.4) is 0 Å². The summed E-state index contributed by atoms with van der Waals surface area (Å²) in [5, 5.41) is 7.82. The number of hydrogen-bond acceptors (Lipinski definition) is 8. The zero-order valence-electron chi connectivity index (χ0n) is 15.5. The van der Waals surface area contributed by atoms with E-state index >= 15 is 0 Å². The molecule has 8 heteroatoms. The van der Waals surface area contributed by atoms with Gasteiger partial charge in [-0.2, -0.15) is 0 Å². The maximum absolute atomic E-state index is 5.82. The van der Waals surface area contributed by atoms with E-state index in [2.05, 4.69) is 0 Å². The topological polar surface area (TPSA) is 55.4 Å². The average molecular weight is 425 g/mol. The highest BCUT2D eigenvalue weighted by Gasteiger charge is 2.22. The van der Waals surface area contributed by atoms with Crippen molar-refractivity contribution in [3.05, 3.63) is 33.9 Å². The lowest BCUT2D eigenvalue weighted by atomic mass is 10.2. The molecule has 0 fully saturated rings. The standard InChI is InChI=1S/C20H24O6S2/c1(3-5-21-7-15-9-23-17-11-27-13-19(17)25-15)2-4-6-22-8-16-10-24-18-12-28-14-20(18)26-16/h3,5,11-16H,1-2,4,6-10H2. The van der Waals surface area contributed by atoms with E-state index in [9.17, 15) is 0 Å². The molecule has 4 heterocycles. The van der Waals surface area contributed by atoms with E-state index in [1.807, 2.05) is 27.6 Å². The van der Waals surface area contributed by atoms with Crippen molar-refractivity contribution >= 4 is 22.7 Å². The lowest BCUT2D eigenvalue weighted by Crippen LogP contribution is -2.33. The van der Waals surface area contributed by atoms with Gasteiger partial charge in [0.05, 0.1) is 12.9 Å². The molecule has 0 saturated heterocycles. The molecule has 6 nitrogen and oxygen atoms in total. The molecule has 2 atom stereocenters. The van der Waals surface area contributed by atoms with Crippen molar-refractivity contribution in [3.8, 4) is 23.0 Å². The molecule has 0 radical (unpaired) electrons. The van der Waals surface area contributed by atoms with Crippen LogP contribution in [0.25, 0.3) is 0 Å². The third-order valence-electron chi connectivity index (χ3n) is 4.31.